The first-order valence-electron chi connectivity index (χ1n) is 11.7. The summed E-state index contributed by atoms with van der Waals surface area (Å²) >= 11 is 1.37. The summed E-state index contributed by atoms with van der Waals surface area (Å²) in [5, 5.41) is 12.2. The maximum atomic E-state index is 13.7. The number of benzene rings is 3. The van der Waals surface area contributed by atoms with Crippen LogP contribution in [-0.2, 0) is 16.1 Å². The summed E-state index contributed by atoms with van der Waals surface area (Å²) in [6.45, 7) is 5.42. The maximum absolute atomic E-state index is 13.7. The normalized spacial score (nSPS) is 15.4. The minimum atomic E-state index is -1.09. The molecule has 4 rings (SSSR count). The molecule has 1 aliphatic rings. The zero-order valence-electron chi connectivity index (χ0n) is 20.8. The van der Waals surface area contributed by atoms with E-state index in [1.54, 1.807) is 26.8 Å². The smallest absolute Gasteiger partial charge is 0.408 e. The zero-order chi connectivity index (χ0) is 26.6. The van der Waals surface area contributed by atoms with Gasteiger partial charge in [0.1, 0.15) is 23.1 Å². The molecular formula is C28H28N2O6S. The van der Waals surface area contributed by atoms with E-state index in [0.29, 0.717) is 17.2 Å². The van der Waals surface area contributed by atoms with E-state index in [-0.39, 0.29) is 23.8 Å². The Morgan fingerprint density at radius 3 is 2.35 bits per heavy atom. The number of aromatic carboxylic acids is 1. The van der Waals surface area contributed by atoms with Crippen molar-refractivity contribution in [2.24, 2.45) is 0 Å². The molecule has 0 radical (unpaired) electrons. The molecule has 1 heterocycles. The van der Waals surface area contributed by atoms with Crippen LogP contribution in [0, 0.1) is 0 Å². The van der Waals surface area contributed by atoms with Crippen LogP contribution in [-0.4, -0.2) is 40.5 Å². The van der Waals surface area contributed by atoms with E-state index >= 15 is 0 Å². The number of carbonyl (C=O) groups is 3. The van der Waals surface area contributed by atoms with Gasteiger partial charge in [0.25, 0.3) is 5.91 Å². The molecular weight excluding hydrogens is 492 g/mol. The number of rotatable bonds is 6. The minimum Gasteiger partial charge on any atom is -0.478 e. The van der Waals surface area contributed by atoms with E-state index in [9.17, 15) is 19.5 Å². The van der Waals surface area contributed by atoms with E-state index in [4.69, 9.17) is 9.47 Å². The molecule has 0 spiro atoms. The summed E-state index contributed by atoms with van der Waals surface area (Å²) in [7, 11) is 0. The van der Waals surface area contributed by atoms with Gasteiger partial charge in [-0.3, -0.25) is 4.79 Å². The molecule has 0 saturated heterocycles. The number of alkyl carbamates (subject to hydrolysis) is 1. The minimum absolute atomic E-state index is 0.0716. The van der Waals surface area contributed by atoms with Crippen molar-refractivity contribution in [3.05, 3.63) is 83.9 Å². The number of anilines is 1. The van der Waals surface area contributed by atoms with Gasteiger partial charge in [0.05, 0.1) is 17.8 Å². The molecule has 9 heteroatoms. The van der Waals surface area contributed by atoms with E-state index < -0.39 is 23.7 Å². The SMILES string of the molecule is CC(C)(C)OC(=O)N[C@H]1CSc2ccc(C(=O)O)cc2N(Cc2ccc(Oc3ccccc3)cc2)C1=O. The average molecular weight is 521 g/mol. The molecule has 192 valence electrons. The Kier molecular flexibility index (Phi) is 7.73. The number of amides is 2. The highest BCUT2D eigenvalue weighted by Crippen LogP contribution is 2.36. The predicted molar refractivity (Wildman–Crippen MR) is 141 cm³/mol. The summed E-state index contributed by atoms with van der Waals surface area (Å²) < 4.78 is 11.2. The zero-order valence-corrected chi connectivity index (χ0v) is 21.6. The Bertz CT molecular complexity index is 1290. The molecule has 3 aromatic carbocycles. The molecule has 0 unspecified atom stereocenters. The van der Waals surface area contributed by atoms with Gasteiger partial charge >= 0.3 is 12.1 Å². The number of carbonyl (C=O) groups excluding carboxylic acids is 2. The first-order chi connectivity index (χ1) is 17.6. The molecule has 0 fully saturated rings. The second-order valence-electron chi connectivity index (χ2n) is 9.48. The fraction of sp³-hybridized carbons (Fsp3) is 0.250. The van der Waals surface area contributed by atoms with Crippen LogP contribution in [0.25, 0.3) is 0 Å². The highest BCUT2D eigenvalue weighted by atomic mass is 32.2. The highest BCUT2D eigenvalue weighted by Gasteiger charge is 2.33. The lowest BCUT2D eigenvalue weighted by Gasteiger charge is -2.27. The van der Waals surface area contributed by atoms with Crippen LogP contribution in [0.1, 0.15) is 36.7 Å². The fourth-order valence-corrected chi connectivity index (χ4v) is 4.77. The van der Waals surface area contributed by atoms with Crippen molar-refractivity contribution in [2.45, 2.75) is 43.9 Å². The van der Waals surface area contributed by atoms with Gasteiger partial charge in [-0.15, -0.1) is 11.8 Å². The lowest BCUT2D eigenvalue weighted by Crippen LogP contribution is -2.50. The van der Waals surface area contributed by atoms with Crippen molar-refractivity contribution in [2.75, 3.05) is 10.7 Å². The fourth-order valence-electron chi connectivity index (χ4n) is 3.72. The summed E-state index contributed by atoms with van der Waals surface area (Å²) in [6.07, 6.45) is -0.689. The number of hydrogen-bond donors (Lipinski definition) is 2. The van der Waals surface area contributed by atoms with Crippen LogP contribution < -0.4 is 15.0 Å². The second kappa shape index (κ2) is 11.0. The van der Waals surface area contributed by atoms with Crippen molar-refractivity contribution >= 4 is 35.4 Å². The molecule has 0 saturated carbocycles. The van der Waals surface area contributed by atoms with E-state index in [0.717, 1.165) is 10.5 Å². The topological polar surface area (TPSA) is 105 Å². The summed E-state index contributed by atoms with van der Waals surface area (Å²) in [6, 6.07) is 20.5. The van der Waals surface area contributed by atoms with Gasteiger partial charge in [0, 0.05) is 10.6 Å². The monoisotopic (exact) mass is 520 g/mol. The summed E-state index contributed by atoms with van der Waals surface area (Å²) in [5.74, 6) is 0.184. The molecule has 1 atom stereocenters. The lowest BCUT2D eigenvalue weighted by molar-refractivity contribution is -0.120. The third kappa shape index (κ3) is 6.83. The van der Waals surface area contributed by atoms with Gasteiger partial charge in [-0.1, -0.05) is 30.3 Å². The number of hydrogen-bond acceptors (Lipinski definition) is 6. The molecule has 1 aliphatic heterocycles. The number of nitrogens with one attached hydrogen (secondary N) is 1. The number of fused-ring (bicyclic) bond motifs is 1. The highest BCUT2D eigenvalue weighted by molar-refractivity contribution is 7.99. The third-order valence-corrected chi connectivity index (χ3v) is 6.56. The van der Waals surface area contributed by atoms with Crippen molar-refractivity contribution in [3.63, 3.8) is 0 Å². The van der Waals surface area contributed by atoms with E-state index in [2.05, 4.69) is 5.32 Å². The van der Waals surface area contributed by atoms with Crippen LogP contribution in [0.5, 0.6) is 11.5 Å². The first-order valence-corrected chi connectivity index (χ1v) is 12.7. The maximum Gasteiger partial charge on any atom is 0.408 e. The van der Waals surface area contributed by atoms with Gasteiger partial charge in [0.2, 0.25) is 0 Å². The number of ether oxygens (including phenoxy) is 2. The first kappa shape index (κ1) is 26.1. The molecule has 8 nitrogen and oxygen atoms in total. The molecule has 0 aliphatic carbocycles. The standard InChI is InChI=1S/C28H28N2O6S/c1-28(2,3)36-27(34)29-22-17-37-24-14-11-19(26(32)33)15-23(24)30(25(22)31)16-18-9-12-21(13-10-18)35-20-7-5-4-6-8-20/h4-15,22H,16-17H2,1-3H3,(H,29,34)(H,32,33)/t22-/m0/s1. The van der Waals surface area contributed by atoms with Crippen LogP contribution in [0.2, 0.25) is 0 Å². The number of para-hydroxylation sites is 1. The van der Waals surface area contributed by atoms with Crippen molar-refractivity contribution in [3.8, 4) is 11.5 Å². The van der Waals surface area contributed by atoms with Crippen LogP contribution >= 0.6 is 11.8 Å². The Balaban J connectivity index is 1.60. The predicted octanol–water partition coefficient (Wildman–Crippen LogP) is 5.71. The van der Waals surface area contributed by atoms with Crippen molar-refractivity contribution < 1.29 is 29.0 Å². The largest absolute Gasteiger partial charge is 0.478 e. The lowest BCUT2D eigenvalue weighted by atomic mass is 10.1. The molecule has 2 N–H and O–H groups in total. The third-order valence-electron chi connectivity index (χ3n) is 5.40. The average Bonchev–Trinajstić information content (AvgIpc) is 2.96. The van der Waals surface area contributed by atoms with Gasteiger partial charge in [-0.25, -0.2) is 9.59 Å². The van der Waals surface area contributed by atoms with Crippen molar-refractivity contribution in [1.29, 1.82) is 0 Å². The molecule has 0 aromatic heterocycles. The van der Waals surface area contributed by atoms with Gasteiger partial charge in [0.15, 0.2) is 0 Å². The molecule has 37 heavy (non-hydrogen) atoms. The van der Waals surface area contributed by atoms with Gasteiger partial charge < -0.3 is 24.8 Å². The Morgan fingerprint density at radius 1 is 1.03 bits per heavy atom. The van der Waals surface area contributed by atoms with Crippen LogP contribution in [0.3, 0.4) is 0 Å². The second-order valence-corrected chi connectivity index (χ2v) is 10.5. The van der Waals surface area contributed by atoms with Crippen LogP contribution in [0.4, 0.5) is 10.5 Å². The van der Waals surface area contributed by atoms with E-state index in [1.165, 1.54) is 28.8 Å². The quantitative estimate of drug-likeness (QED) is 0.429. The Labute approximate surface area is 219 Å². The van der Waals surface area contributed by atoms with E-state index in [1.807, 2.05) is 54.6 Å². The number of carboxylic acid groups (broad SMARTS) is 1. The number of thioether (sulfide) groups is 1. The van der Waals surface area contributed by atoms with Gasteiger partial charge in [-0.2, -0.15) is 0 Å². The summed E-state index contributed by atoms with van der Waals surface area (Å²) in [4.78, 5) is 40.0. The molecule has 0 bridgehead atoms. The molecule has 3 aromatic rings. The number of nitrogens with zero attached hydrogens (tertiary/aromatic N) is 1. The van der Waals surface area contributed by atoms with Gasteiger partial charge in [-0.05, 0) is 68.8 Å². The van der Waals surface area contributed by atoms with Crippen molar-refractivity contribution in [1.82, 2.24) is 5.32 Å². The Hall–Kier alpha value is -3.98. The molecule has 2 amide bonds. The number of carboxylic acids is 1. The Morgan fingerprint density at radius 2 is 1.70 bits per heavy atom. The summed E-state index contributed by atoms with van der Waals surface area (Å²) in [5.41, 5.74) is 0.645. The van der Waals surface area contributed by atoms with Crippen LogP contribution in [0.15, 0.2) is 77.7 Å².